The number of carbonyl (C=O) groups is 1. The molecule has 0 spiro atoms. The van der Waals surface area contributed by atoms with Gasteiger partial charge in [0.05, 0.1) is 17.9 Å². The van der Waals surface area contributed by atoms with Crippen molar-refractivity contribution in [3.05, 3.63) is 60.2 Å². The molecule has 1 aliphatic carbocycles. The molecule has 2 aromatic carbocycles. The average Bonchev–Trinajstić information content (AvgIpc) is 2.79. The van der Waals surface area contributed by atoms with Gasteiger partial charge in [0.2, 0.25) is 10.0 Å². The van der Waals surface area contributed by atoms with E-state index in [1.54, 1.807) is 12.1 Å². The Morgan fingerprint density at radius 2 is 1.67 bits per heavy atom. The summed E-state index contributed by atoms with van der Waals surface area (Å²) in [5.41, 5.74) is 0.828. The van der Waals surface area contributed by atoms with E-state index in [0.717, 1.165) is 18.4 Å². The molecule has 2 atom stereocenters. The summed E-state index contributed by atoms with van der Waals surface area (Å²) in [4.78, 5) is 12.0. The van der Waals surface area contributed by atoms with Gasteiger partial charge in [0, 0.05) is 12.6 Å². The molecular formula is C21H28N2O6S. The van der Waals surface area contributed by atoms with Crippen LogP contribution in [0.5, 0.6) is 5.75 Å². The lowest BCUT2D eigenvalue weighted by molar-refractivity contribution is -0.144. The summed E-state index contributed by atoms with van der Waals surface area (Å²) in [7, 11) is -2.36. The normalized spacial score (nSPS) is 18.9. The molecule has 1 fully saturated rings. The van der Waals surface area contributed by atoms with Gasteiger partial charge in [0.25, 0.3) is 0 Å². The molecule has 0 bridgehead atoms. The Hall–Kier alpha value is -2.46. The Bertz CT molecular complexity index is 903. The van der Waals surface area contributed by atoms with Crippen LogP contribution in [0.4, 0.5) is 0 Å². The van der Waals surface area contributed by atoms with Crippen molar-refractivity contribution in [1.29, 1.82) is 0 Å². The van der Waals surface area contributed by atoms with Gasteiger partial charge in [-0.2, -0.15) is 4.31 Å². The number of carboxylic acid groups (broad SMARTS) is 1. The topological polar surface area (TPSA) is 130 Å². The lowest BCUT2D eigenvalue weighted by atomic mass is 9.84. The van der Waals surface area contributed by atoms with Crippen molar-refractivity contribution < 1.29 is 28.3 Å². The van der Waals surface area contributed by atoms with Gasteiger partial charge in [-0.05, 0) is 42.7 Å². The zero-order chi connectivity index (χ0) is 22.1. The number of benzene rings is 2. The number of aliphatic carboxylic acids is 1. The van der Waals surface area contributed by atoms with E-state index in [1.807, 2.05) is 30.3 Å². The summed E-state index contributed by atoms with van der Waals surface area (Å²) in [5.74, 6) is 2.42. The number of hydrogen-bond acceptors (Lipinski definition) is 6. The predicted octanol–water partition coefficient (Wildman–Crippen LogP) is 2.86. The molecule has 0 saturated heterocycles. The number of ether oxygens (including phenoxy) is 1. The van der Waals surface area contributed by atoms with E-state index >= 15 is 0 Å². The molecule has 2 aromatic rings. The van der Waals surface area contributed by atoms with E-state index in [0.29, 0.717) is 18.6 Å². The maximum atomic E-state index is 13.5. The van der Waals surface area contributed by atoms with Crippen LogP contribution >= 0.6 is 0 Å². The lowest BCUT2D eigenvalue weighted by Crippen LogP contribution is -2.47. The van der Waals surface area contributed by atoms with Gasteiger partial charge in [-0.1, -0.05) is 43.2 Å². The van der Waals surface area contributed by atoms with Crippen LogP contribution in [0, 0.1) is 5.92 Å². The number of nitrogens with zero attached hydrogens (tertiary/aromatic N) is 1. The molecule has 3 rings (SSSR count). The molecule has 0 unspecified atom stereocenters. The Labute approximate surface area is 176 Å². The monoisotopic (exact) mass is 436 g/mol. The summed E-state index contributed by atoms with van der Waals surface area (Å²) in [5, 5.41) is 16.2. The Balaban J connectivity index is 0.00000155. The van der Waals surface area contributed by atoms with Gasteiger partial charge in [-0.3, -0.25) is 4.79 Å². The Morgan fingerprint density at radius 3 is 2.23 bits per heavy atom. The van der Waals surface area contributed by atoms with Crippen molar-refractivity contribution >= 4 is 16.0 Å². The smallest absolute Gasteiger partial charge is 0.308 e. The highest BCUT2D eigenvalue weighted by Crippen LogP contribution is 2.34. The van der Waals surface area contributed by atoms with Crippen LogP contribution in [0.1, 0.15) is 31.2 Å². The van der Waals surface area contributed by atoms with Crippen molar-refractivity contribution in [2.45, 2.75) is 43.2 Å². The predicted molar refractivity (Wildman–Crippen MR) is 112 cm³/mol. The fourth-order valence-corrected chi connectivity index (χ4v) is 5.45. The molecule has 1 aliphatic rings. The minimum absolute atomic E-state index is 0.138. The van der Waals surface area contributed by atoms with E-state index < -0.39 is 28.0 Å². The minimum atomic E-state index is -3.88. The van der Waals surface area contributed by atoms with Crippen LogP contribution in [0.25, 0.3) is 0 Å². The van der Waals surface area contributed by atoms with Gasteiger partial charge in [0.1, 0.15) is 5.75 Å². The molecule has 0 radical (unpaired) electrons. The Morgan fingerprint density at radius 1 is 1.07 bits per heavy atom. The van der Waals surface area contributed by atoms with Crippen LogP contribution in [0.3, 0.4) is 0 Å². The molecule has 9 heteroatoms. The third-order valence-corrected chi connectivity index (χ3v) is 7.15. The standard InChI is InChI=1S/C21H25NO5S.H3NO/c1-27-17-11-13-18(14-12-17)28(25,26)22(15-16-7-3-2-4-8-16)20-10-6-5-9-19(20)21(23)24;1-2/h2-4,7-8,11-14,19-20H,5-6,9-10,15H2,1H3,(H,23,24);2H,1H2/t19-,20+;/m1./s1. The maximum Gasteiger partial charge on any atom is 0.308 e. The van der Waals surface area contributed by atoms with Crippen LogP contribution in [-0.4, -0.2) is 42.2 Å². The van der Waals surface area contributed by atoms with Crippen LogP contribution in [-0.2, 0) is 21.4 Å². The summed E-state index contributed by atoms with van der Waals surface area (Å²) in [6.45, 7) is 0.143. The summed E-state index contributed by atoms with van der Waals surface area (Å²) >= 11 is 0. The van der Waals surface area contributed by atoms with Crippen molar-refractivity contribution in [2.24, 2.45) is 11.8 Å². The molecule has 4 N–H and O–H groups in total. The number of nitrogens with two attached hydrogens (primary N) is 1. The molecule has 0 heterocycles. The average molecular weight is 437 g/mol. The van der Waals surface area contributed by atoms with Gasteiger partial charge in [0.15, 0.2) is 0 Å². The van der Waals surface area contributed by atoms with E-state index in [4.69, 9.17) is 9.94 Å². The minimum Gasteiger partial charge on any atom is -0.497 e. The summed E-state index contributed by atoms with van der Waals surface area (Å²) in [6, 6.07) is 14.9. The van der Waals surface area contributed by atoms with E-state index in [1.165, 1.54) is 23.5 Å². The van der Waals surface area contributed by atoms with E-state index in [2.05, 4.69) is 5.90 Å². The number of rotatable bonds is 7. The van der Waals surface area contributed by atoms with Crippen molar-refractivity contribution in [1.82, 2.24) is 4.31 Å². The number of sulfonamides is 1. The number of methoxy groups -OCH3 is 1. The lowest BCUT2D eigenvalue weighted by Gasteiger charge is -2.37. The highest BCUT2D eigenvalue weighted by atomic mass is 32.2. The summed E-state index contributed by atoms with van der Waals surface area (Å²) < 4.78 is 33.5. The van der Waals surface area contributed by atoms with Crippen LogP contribution < -0.4 is 10.6 Å². The maximum absolute atomic E-state index is 13.5. The fraction of sp³-hybridized carbons (Fsp3) is 0.381. The zero-order valence-electron chi connectivity index (χ0n) is 16.8. The van der Waals surface area contributed by atoms with Crippen molar-refractivity contribution in [2.75, 3.05) is 7.11 Å². The van der Waals surface area contributed by atoms with Crippen LogP contribution in [0.15, 0.2) is 59.5 Å². The third kappa shape index (κ3) is 5.57. The van der Waals surface area contributed by atoms with Gasteiger partial charge >= 0.3 is 5.97 Å². The SMILES string of the molecule is COc1ccc(S(=O)(=O)N(Cc2ccccc2)[C@H]2CCCC[C@H]2C(=O)O)cc1.NO. The molecule has 1 saturated carbocycles. The Kier molecular flexibility index (Phi) is 8.79. The highest BCUT2D eigenvalue weighted by molar-refractivity contribution is 7.89. The van der Waals surface area contributed by atoms with Crippen LogP contribution in [0.2, 0.25) is 0 Å². The second-order valence-electron chi connectivity index (χ2n) is 7.01. The molecule has 0 aliphatic heterocycles. The van der Waals surface area contributed by atoms with Crippen molar-refractivity contribution in [3.8, 4) is 5.75 Å². The number of carboxylic acids is 1. The second kappa shape index (κ2) is 11.1. The largest absolute Gasteiger partial charge is 0.497 e. The summed E-state index contributed by atoms with van der Waals surface area (Å²) in [6.07, 6.45) is 2.65. The van der Waals surface area contributed by atoms with Gasteiger partial charge < -0.3 is 15.1 Å². The molecule has 164 valence electrons. The second-order valence-corrected chi connectivity index (χ2v) is 8.90. The quantitative estimate of drug-likeness (QED) is 0.569. The first-order valence-electron chi connectivity index (χ1n) is 9.62. The molecule has 8 nitrogen and oxygen atoms in total. The number of hydrogen-bond donors (Lipinski definition) is 3. The van der Waals surface area contributed by atoms with E-state index in [-0.39, 0.29) is 11.4 Å². The first-order chi connectivity index (χ1) is 14.4. The van der Waals surface area contributed by atoms with Gasteiger partial charge in [-0.25, -0.2) is 14.3 Å². The first kappa shape index (κ1) is 23.8. The van der Waals surface area contributed by atoms with E-state index in [9.17, 15) is 18.3 Å². The highest BCUT2D eigenvalue weighted by Gasteiger charge is 2.40. The third-order valence-electron chi connectivity index (χ3n) is 5.26. The zero-order valence-corrected chi connectivity index (χ0v) is 17.7. The van der Waals surface area contributed by atoms with Gasteiger partial charge in [-0.15, -0.1) is 0 Å². The molecule has 0 aromatic heterocycles. The molecular weight excluding hydrogens is 408 g/mol. The molecule has 30 heavy (non-hydrogen) atoms. The first-order valence-corrected chi connectivity index (χ1v) is 11.1. The fourth-order valence-electron chi connectivity index (χ4n) is 3.77. The van der Waals surface area contributed by atoms with Crippen molar-refractivity contribution in [3.63, 3.8) is 0 Å². The molecule has 0 amide bonds.